The Morgan fingerprint density at radius 1 is 1.45 bits per heavy atom. The Labute approximate surface area is 122 Å². The van der Waals surface area contributed by atoms with Gasteiger partial charge in [0, 0.05) is 11.4 Å². The second kappa shape index (κ2) is 5.18. The zero-order valence-corrected chi connectivity index (χ0v) is 12.6. The topological polar surface area (TPSA) is 74.2 Å². The summed E-state index contributed by atoms with van der Waals surface area (Å²) in [7, 11) is 1.64. The second-order valence-electron chi connectivity index (χ2n) is 5.61. The van der Waals surface area contributed by atoms with Crippen molar-refractivity contribution in [3.63, 3.8) is 0 Å². The van der Waals surface area contributed by atoms with E-state index in [1.54, 1.807) is 7.11 Å². The predicted molar refractivity (Wildman–Crippen MR) is 77.7 cm³/mol. The molecule has 2 N–H and O–H groups in total. The first-order chi connectivity index (χ1) is 9.60. The Balaban J connectivity index is 1.83. The monoisotopic (exact) mass is 293 g/mol. The number of hydrogen-bond donors (Lipinski definition) is 1. The van der Waals surface area contributed by atoms with Gasteiger partial charge >= 0.3 is 0 Å². The lowest BCUT2D eigenvalue weighted by Gasteiger charge is -2.33. The molecule has 0 unspecified atom stereocenters. The normalized spacial score (nSPS) is 26.6. The molecular weight excluding hydrogens is 274 g/mol. The van der Waals surface area contributed by atoms with Gasteiger partial charge in [0.15, 0.2) is 5.82 Å². The zero-order chi connectivity index (χ0) is 14.2. The Morgan fingerprint density at radius 2 is 2.20 bits per heavy atom. The van der Waals surface area contributed by atoms with E-state index in [1.807, 2.05) is 11.4 Å². The number of methoxy groups -OCH3 is 1. The highest BCUT2D eigenvalue weighted by Crippen LogP contribution is 2.37. The minimum Gasteiger partial charge on any atom is -0.496 e. The zero-order valence-electron chi connectivity index (χ0n) is 11.8. The van der Waals surface area contributed by atoms with Crippen LogP contribution >= 0.6 is 11.3 Å². The molecule has 2 aromatic heterocycles. The number of nitrogens with zero attached hydrogens (tertiary/aromatic N) is 2. The third-order valence-corrected chi connectivity index (χ3v) is 4.96. The average Bonchev–Trinajstić information content (AvgIpc) is 3.10. The highest BCUT2D eigenvalue weighted by Gasteiger charge is 2.36. The van der Waals surface area contributed by atoms with Crippen molar-refractivity contribution in [3.8, 4) is 16.5 Å². The van der Waals surface area contributed by atoms with Gasteiger partial charge in [-0.3, -0.25) is 0 Å². The summed E-state index contributed by atoms with van der Waals surface area (Å²) in [6.45, 7) is 2.26. The fraction of sp³-hybridized carbons (Fsp3) is 0.571. The van der Waals surface area contributed by atoms with Gasteiger partial charge in [0.1, 0.15) is 5.75 Å². The molecule has 0 aromatic carbocycles. The van der Waals surface area contributed by atoms with Crippen molar-refractivity contribution in [3.05, 3.63) is 17.3 Å². The summed E-state index contributed by atoms with van der Waals surface area (Å²) in [5.74, 6) is 2.70. The van der Waals surface area contributed by atoms with Crippen LogP contribution in [0.25, 0.3) is 10.8 Å². The molecule has 6 heteroatoms. The second-order valence-corrected chi connectivity index (χ2v) is 6.52. The molecule has 2 aromatic rings. The van der Waals surface area contributed by atoms with Gasteiger partial charge in [-0.1, -0.05) is 12.1 Å². The molecule has 1 fully saturated rings. The highest BCUT2D eigenvalue weighted by molar-refractivity contribution is 7.13. The quantitative estimate of drug-likeness (QED) is 0.940. The molecule has 0 bridgehead atoms. The summed E-state index contributed by atoms with van der Waals surface area (Å²) < 4.78 is 10.5. The van der Waals surface area contributed by atoms with Crippen molar-refractivity contribution >= 4 is 11.3 Å². The molecule has 0 saturated heterocycles. The van der Waals surface area contributed by atoms with Gasteiger partial charge in [-0.25, -0.2) is 0 Å². The lowest BCUT2D eigenvalue weighted by atomic mass is 9.77. The molecule has 0 radical (unpaired) electrons. The fourth-order valence-corrected chi connectivity index (χ4v) is 3.34. The molecule has 3 rings (SSSR count). The van der Waals surface area contributed by atoms with Gasteiger partial charge in [0.05, 0.1) is 17.5 Å². The lowest BCUT2D eigenvalue weighted by Crippen LogP contribution is -2.41. The predicted octanol–water partition coefficient (Wildman–Crippen LogP) is 3.17. The van der Waals surface area contributed by atoms with Crippen LogP contribution in [0.4, 0.5) is 0 Å². The largest absolute Gasteiger partial charge is 0.496 e. The van der Waals surface area contributed by atoms with E-state index in [4.69, 9.17) is 15.0 Å². The third kappa shape index (κ3) is 2.45. The van der Waals surface area contributed by atoms with Crippen molar-refractivity contribution in [2.75, 3.05) is 7.11 Å². The van der Waals surface area contributed by atoms with Gasteiger partial charge in [0.25, 0.3) is 5.89 Å². The molecule has 0 spiro atoms. The number of rotatable bonds is 3. The van der Waals surface area contributed by atoms with E-state index in [1.165, 1.54) is 11.3 Å². The lowest BCUT2D eigenvalue weighted by molar-refractivity contribution is 0.230. The molecule has 0 atom stereocenters. The Kier molecular flexibility index (Phi) is 3.52. The van der Waals surface area contributed by atoms with Crippen LogP contribution in [0.15, 0.2) is 16.0 Å². The van der Waals surface area contributed by atoms with E-state index in [2.05, 4.69) is 17.1 Å². The molecule has 1 aliphatic rings. The summed E-state index contributed by atoms with van der Waals surface area (Å²) >= 11 is 1.52. The minimum atomic E-state index is -0.435. The molecule has 5 nitrogen and oxygen atoms in total. The maximum Gasteiger partial charge on any atom is 0.268 e. The Bertz CT molecular complexity index is 585. The van der Waals surface area contributed by atoms with Crippen LogP contribution in [0.5, 0.6) is 5.75 Å². The van der Waals surface area contributed by atoms with Crippen LogP contribution in [0, 0.1) is 5.92 Å². The van der Waals surface area contributed by atoms with Crippen molar-refractivity contribution in [2.45, 2.75) is 38.1 Å². The van der Waals surface area contributed by atoms with Crippen molar-refractivity contribution in [1.82, 2.24) is 10.1 Å². The minimum absolute atomic E-state index is 0.435. The van der Waals surface area contributed by atoms with Crippen LogP contribution < -0.4 is 10.5 Å². The third-order valence-electron chi connectivity index (χ3n) is 4.06. The molecule has 108 valence electrons. The van der Waals surface area contributed by atoms with Gasteiger partial charge in [-0.15, -0.1) is 11.3 Å². The number of aromatic nitrogens is 2. The standard InChI is InChI=1S/C14H19N3O2S/c1-9-3-5-14(15,6-4-9)13-16-12(19-17-13)11-7-10(18-2)8-20-11/h7-9H,3-6,15H2,1-2H3. The first-order valence-corrected chi connectivity index (χ1v) is 7.75. The molecular formula is C14H19N3O2S. The van der Waals surface area contributed by atoms with Crippen LogP contribution in [0.1, 0.15) is 38.4 Å². The van der Waals surface area contributed by atoms with E-state index < -0.39 is 5.54 Å². The molecule has 1 saturated carbocycles. The summed E-state index contributed by atoms with van der Waals surface area (Å²) in [5.41, 5.74) is 6.02. The molecule has 2 heterocycles. The SMILES string of the molecule is COc1csc(-c2nc(C3(N)CCC(C)CC3)no2)c1. The van der Waals surface area contributed by atoms with Gasteiger partial charge in [-0.05, 0) is 31.6 Å². The summed E-state index contributed by atoms with van der Waals surface area (Å²) in [6, 6.07) is 1.90. The maximum absolute atomic E-state index is 6.46. The first kappa shape index (κ1) is 13.6. The van der Waals surface area contributed by atoms with Crippen LogP contribution in [-0.2, 0) is 5.54 Å². The molecule has 0 amide bonds. The first-order valence-electron chi connectivity index (χ1n) is 6.87. The molecule has 0 aliphatic heterocycles. The van der Waals surface area contributed by atoms with Gasteiger partial charge < -0.3 is 15.0 Å². The van der Waals surface area contributed by atoms with E-state index in [0.29, 0.717) is 11.7 Å². The number of thiophene rings is 1. The van der Waals surface area contributed by atoms with Crippen LogP contribution in [-0.4, -0.2) is 17.3 Å². The van der Waals surface area contributed by atoms with Crippen molar-refractivity contribution in [1.29, 1.82) is 0 Å². The van der Waals surface area contributed by atoms with E-state index >= 15 is 0 Å². The summed E-state index contributed by atoms with van der Waals surface area (Å²) in [6.07, 6.45) is 4.07. The molecule has 20 heavy (non-hydrogen) atoms. The van der Waals surface area contributed by atoms with Crippen molar-refractivity contribution in [2.24, 2.45) is 11.7 Å². The van der Waals surface area contributed by atoms with Crippen molar-refractivity contribution < 1.29 is 9.26 Å². The number of nitrogens with two attached hydrogens (primary N) is 1. The Hall–Kier alpha value is -1.40. The number of ether oxygens (including phenoxy) is 1. The smallest absolute Gasteiger partial charge is 0.268 e. The van der Waals surface area contributed by atoms with Crippen LogP contribution in [0.2, 0.25) is 0 Å². The number of hydrogen-bond acceptors (Lipinski definition) is 6. The van der Waals surface area contributed by atoms with Gasteiger partial charge in [0.2, 0.25) is 0 Å². The van der Waals surface area contributed by atoms with E-state index in [9.17, 15) is 0 Å². The van der Waals surface area contributed by atoms with Gasteiger partial charge in [-0.2, -0.15) is 4.98 Å². The van der Waals surface area contributed by atoms with E-state index in [-0.39, 0.29) is 0 Å². The molecule has 1 aliphatic carbocycles. The fourth-order valence-electron chi connectivity index (χ4n) is 2.56. The highest BCUT2D eigenvalue weighted by atomic mass is 32.1. The average molecular weight is 293 g/mol. The van der Waals surface area contributed by atoms with E-state index in [0.717, 1.165) is 42.2 Å². The summed E-state index contributed by atoms with van der Waals surface area (Å²) in [5, 5.41) is 6.02. The summed E-state index contributed by atoms with van der Waals surface area (Å²) in [4.78, 5) is 5.41. The van der Waals surface area contributed by atoms with Crippen LogP contribution in [0.3, 0.4) is 0 Å². The maximum atomic E-state index is 6.46. The Morgan fingerprint density at radius 3 is 2.85 bits per heavy atom.